The van der Waals surface area contributed by atoms with Crippen LogP contribution >= 0.6 is 11.6 Å². The standard InChI is InChI=1S/C15H29ClO4/c1-15(2,3)20-14(17)8-13-19-12-7-6-11-18-10-5-4-9-16/h4-13H2,1-3H3. The Balaban J connectivity index is 3.19. The summed E-state index contributed by atoms with van der Waals surface area (Å²) in [5.74, 6) is 0.495. The lowest BCUT2D eigenvalue weighted by atomic mass is 10.2. The van der Waals surface area contributed by atoms with Crippen molar-refractivity contribution in [3.63, 3.8) is 0 Å². The number of esters is 1. The Bertz CT molecular complexity index is 239. The second kappa shape index (κ2) is 12.4. The number of carbonyl (C=O) groups is 1. The van der Waals surface area contributed by atoms with Gasteiger partial charge in [-0.05, 0) is 46.5 Å². The van der Waals surface area contributed by atoms with Gasteiger partial charge in [0.05, 0.1) is 13.0 Å². The highest BCUT2D eigenvalue weighted by atomic mass is 35.5. The number of halogens is 1. The summed E-state index contributed by atoms with van der Waals surface area (Å²) in [6.07, 6.45) is 4.27. The molecule has 120 valence electrons. The molecule has 0 bridgehead atoms. The predicted octanol–water partition coefficient (Wildman–Crippen LogP) is 3.55. The molecule has 0 aromatic rings. The van der Waals surface area contributed by atoms with Crippen LogP contribution < -0.4 is 0 Å². The molecule has 4 nitrogen and oxygen atoms in total. The number of ether oxygens (including phenoxy) is 3. The first kappa shape index (κ1) is 19.7. The molecular formula is C15H29ClO4. The van der Waals surface area contributed by atoms with Crippen molar-refractivity contribution in [1.82, 2.24) is 0 Å². The molecule has 5 heteroatoms. The third-order valence-corrected chi connectivity index (χ3v) is 2.64. The van der Waals surface area contributed by atoms with Gasteiger partial charge < -0.3 is 14.2 Å². The molecule has 0 unspecified atom stereocenters. The average Bonchev–Trinajstić information content (AvgIpc) is 2.34. The summed E-state index contributed by atoms with van der Waals surface area (Å²) in [6, 6.07) is 0. The van der Waals surface area contributed by atoms with E-state index in [0.29, 0.717) is 25.5 Å². The van der Waals surface area contributed by atoms with Crippen LogP contribution in [0.5, 0.6) is 0 Å². The molecule has 20 heavy (non-hydrogen) atoms. The summed E-state index contributed by atoms with van der Waals surface area (Å²) in [5.41, 5.74) is -0.419. The van der Waals surface area contributed by atoms with Gasteiger partial charge in [0.15, 0.2) is 0 Å². The van der Waals surface area contributed by atoms with Crippen LogP contribution in [0.15, 0.2) is 0 Å². The molecule has 0 rings (SSSR count). The lowest BCUT2D eigenvalue weighted by Gasteiger charge is -2.19. The number of rotatable bonds is 12. The molecule has 0 aromatic heterocycles. The lowest BCUT2D eigenvalue weighted by molar-refractivity contribution is -0.156. The number of alkyl halides is 1. The van der Waals surface area contributed by atoms with Crippen molar-refractivity contribution in [2.45, 2.75) is 58.5 Å². The Kier molecular flexibility index (Phi) is 12.2. The van der Waals surface area contributed by atoms with Gasteiger partial charge in [-0.2, -0.15) is 0 Å². The fourth-order valence-corrected chi connectivity index (χ4v) is 1.65. The fraction of sp³-hybridized carbons (Fsp3) is 0.933. The van der Waals surface area contributed by atoms with Gasteiger partial charge in [0, 0.05) is 25.7 Å². The Morgan fingerprint density at radius 1 is 0.900 bits per heavy atom. The van der Waals surface area contributed by atoms with E-state index in [1.54, 1.807) is 0 Å². The van der Waals surface area contributed by atoms with Gasteiger partial charge in [0.1, 0.15) is 5.60 Å². The number of carbonyl (C=O) groups excluding carboxylic acids is 1. The first-order valence-corrected chi connectivity index (χ1v) is 7.92. The van der Waals surface area contributed by atoms with Crippen molar-refractivity contribution < 1.29 is 19.0 Å². The zero-order valence-corrected chi connectivity index (χ0v) is 13.8. The number of unbranched alkanes of at least 4 members (excludes halogenated alkanes) is 2. The normalized spacial score (nSPS) is 11.6. The summed E-state index contributed by atoms with van der Waals surface area (Å²) in [4.78, 5) is 11.4. The molecule has 0 saturated carbocycles. The molecular weight excluding hydrogens is 280 g/mol. The maximum atomic E-state index is 11.4. The fourth-order valence-electron chi connectivity index (χ4n) is 1.46. The van der Waals surface area contributed by atoms with E-state index in [1.165, 1.54) is 0 Å². The van der Waals surface area contributed by atoms with Crippen molar-refractivity contribution in [3.8, 4) is 0 Å². The largest absolute Gasteiger partial charge is 0.460 e. The summed E-state index contributed by atoms with van der Waals surface area (Å²) in [6.45, 7) is 8.21. The Morgan fingerprint density at radius 3 is 1.90 bits per heavy atom. The number of hydrogen-bond acceptors (Lipinski definition) is 4. The second-order valence-electron chi connectivity index (χ2n) is 5.66. The highest BCUT2D eigenvalue weighted by Crippen LogP contribution is 2.08. The average molecular weight is 309 g/mol. The third-order valence-electron chi connectivity index (χ3n) is 2.37. The van der Waals surface area contributed by atoms with Crippen LogP contribution in [0.25, 0.3) is 0 Å². The highest BCUT2D eigenvalue weighted by molar-refractivity contribution is 6.17. The molecule has 0 aliphatic carbocycles. The molecule has 0 heterocycles. The predicted molar refractivity (Wildman–Crippen MR) is 81.3 cm³/mol. The summed E-state index contributed by atoms with van der Waals surface area (Å²) >= 11 is 5.57. The van der Waals surface area contributed by atoms with Gasteiger partial charge in [0.2, 0.25) is 0 Å². The topological polar surface area (TPSA) is 44.8 Å². The third kappa shape index (κ3) is 15.7. The van der Waals surface area contributed by atoms with Crippen LogP contribution in [0.2, 0.25) is 0 Å². The van der Waals surface area contributed by atoms with E-state index in [1.807, 2.05) is 20.8 Å². The second-order valence-corrected chi connectivity index (χ2v) is 6.04. The molecule has 0 saturated heterocycles. The minimum atomic E-state index is -0.419. The maximum Gasteiger partial charge on any atom is 0.308 e. The first-order chi connectivity index (χ1) is 9.45. The van der Waals surface area contributed by atoms with Gasteiger partial charge in [-0.15, -0.1) is 11.6 Å². The number of hydrogen-bond donors (Lipinski definition) is 0. The van der Waals surface area contributed by atoms with E-state index in [9.17, 15) is 4.79 Å². The van der Waals surface area contributed by atoms with Crippen LogP contribution in [0.1, 0.15) is 52.9 Å². The van der Waals surface area contributed by atoms with E-state index >= 15 is 0 Å². The van der Waals surface area contributed by atoms with Crippen LogP contribution in [-0.2, 0) is 19.0 Å². The quantitative estimate of drug-likeness (QED) is 0.314. The van der Waals surface area contributed by atoms with Crippen molar-refractivity contribution in [2.24, 2.45) is 0 Å². The van der Waals surface area contributed by atoms with Crippen molar-refractivity contribution in [3.05, 3.63) is 0 Å². The van der Waals surface area contributed by atoms with Crippen LogP contribution in [0, 0.1) is 0 Å². The van der Waals surface area contributed by atoms with Crippen molar-refractivity contribution in [1.29, 1.82) is 0 Å². The van der Waals surface area contributed by atoms with E-state index in [0.717, 1.165) is 38.9 Å². The molecule has 0 atom stereocenters. The lowest BCUT2D eigenvalue weighted by Crippen LogP contribution is -2.24. The zero-order valence-electron chi connectivity index (χ0n) is 13.1. The molecule has 0 N–H and O–H groups in total. The molecule has 0 amide bonds. The van der Waals surface area contributed by atoms with Crippen LogP contribution in [0.4, 0.5) is 0 Å². The summed E-state index contributed by atoms with van der Waals surface area (Å²) in [5, 5.41) is 0. The van der Waals surface area contributed by atoms with Crippen molar-refractivity contribution >= 4 is 17.6 Å². The minimum Gasteiger partial charge on any atom is -0.460 e. The zero-order chi connectivity index (χ0) is 15.3. The van der Waals surface area contributed by atoms with Crippen LogP contribution in [0.3, 0.4) is 0 Å². The van der Waals surface area contributed by atoms with Crippen molar-refractivity contribution in [2.75, 3.05) is 32.3 Å². The van der Waals surface area contributed by atoms with Gasteiger partial charge in [-0.25, -0.2) is 0 Å². The van der Waals surface area contributed by atoms with E-state index in [-0.39, 0.29) is 5.97 Å². The molecule has 0 aliphatic rings. The van der Waals surface area contributed by atoms with Gasteiger partial charge in [-0.3, -0.25) is 4.79 Å². The van der Waals surface area contributed by atoms with Gasteiger partial charge in [0.25, 0.3) is 0 Å². The SMILES string of the molecule is CC(C)(C)OC(=O)CCOCCCCOCCCCCl. The Labute approximate surface area is 128 Å². The van der Waals surface area contributed by atoms with Crippen LogP contribution in [-0.4, -0.2) is 43.9 Å². The highest BCUT2D eigenvalue weighted by Gasteiger charge is 2.15. The smallest absolute Gasteiger partial charge is 0.308 e. The first-order valence-electron chi connectivity index (χ1n) is 7.39. The van der Waals surface area contributed by atoms with E-state index in [4.69, 9.17) is 25.8 Å². The van der Waals surface area contributed by atoms with E-state index in [2.05, 4.69) is 0 Å². The Morgan fingerprint density at radius 2 is 1.40 bits per heavy atom. The molecule has 0 fully saturated rings. The Hall–Kier alpha value is -0.320. The van der Waals surface area contributed by atoms with Gasteiger partial charge >= 0.3 is 5.97 Å². The van der Waals surface area contributed by atoms with Gasteiger partial charge in [-0.1, -0.05) is 0 Å². The summed E-state index contributed by atoms with van der Waals surface area (Å²) < 4.78 is 16.0. The minimum absolute atomic E-state index is 0.208. The molecule has 0 spiro atoms. The monoisotopic (exact) mass is 308 g/mol. The molecule has 0 radical (unpaired) electrons. The summed E-state index contributed by atoms with van der Waals surface area (Å²) in [7, 11) is 0. The molecule has 0 aliphatic heterocycles. The maximum absolute atomic E-state index is 11.4. The molecule has 0 aromatic carbocycles. The van der Waals surface area contributed by atoms with E-state index < -0.39 is 5.60 Å².